The van der Waals surface area contributed by atoms with E-state index in [1.165, 1.54) is 21.4 Å². The zero-order valence-electron chi connectivity index (χ0n) is 11.7. The van der Waals surface area contributed by atoms with Gasteiger partial charge in [0.15, 0.2) is 0 Å². The predicted octanol–water partition coefficient (Wildman–Crippen LogP) is 4.04. The molecule has 1 N–H and O–H groups in total. The third-order valence-electron chi connectivity index (χ3n) is 3.15. The van der Waals surface area contributed by atoms with Crippen LogP contribution in [-0.4, -0.2) is 19.6 Å². The highest BCUT2D eigenvalue weighted by Crippen LogP contribution is 2.36. The van der Waals surface area contributed by atoms with Crippen molar-refractivity contribution in [1.82, 2.24) is 5.32 Å². The van der Waals surface area contributed by atoms with Gasteiger partial charge < -0.3 is 14.5 Å². The zero-order valence-corrected chi connectivity index (χ0v) is 13.3. The van der Waals surface area contributed by atoms with Crippen molar-refractivity contribution in [3.05, 3.63) is 46.0 Å². The number of rotatable bonds is 5. The first-order chi connectivity index (χ1) is 10.2. The second-order valence-corrected chi connectivity index (χ2v) is 6.55. The normalized spacial score (nSPS) is 12.7. The summed E-state index contributed by atoms with van der Waals surface area (Å²) in [7, 11) is 1.35. The van der Waals surface area contributed by atoms with Crippen LogP contribution in [0.15, 0.2) is 34.1 Å². The van der Waals surface area contributed by atoms with E-state index in [4.69, 9.17) is 4.42 Å². The molecule has 0 aliphatic carbocycles. The smallest absolute Gasteiger partial charge is 0.373 e. The Balaban J connectivity index is 1.95. The molecular formula is C15H15NO3S2. The molecule has 4 nitrogen and oxygen atoms in total. The van der Waals surface area contributed by atoms with E-state index in [0.717, 1.165) is 12.3 Å². The molecule has 0 saturated heterocycles. The first kappa shape index (κ1) is 14.3. The van der Waals surface area contributed by atoms with Gasteiger partial charge in [-0.1, -0.05) is 6.92 Å². The number of hydrogen-bond donors (Lipinski definition) is 1. The lowest BCUT2D eigenvalue weighted by Gasteiger charge is -2.13. The molecule has 1 unspecified atom stereocenters. The summed E-state index contributed by atoms with van der Waals surface area (Å²) in [6.45, 7) is 2.86. The fraction of sp³-hybridized carbons (Fsp3) is 0.267. The lowest BCUT2D eigenvalue weighted by molar-refractivity contribution is 0.0562. The Morgan fingerprint density at radius 1 is 1.38 bits per heavy atom. The number of ether oxygens (including phenoxy) is 1. The summed E-state index contributed by atoms with van der Waals surface area (Å²) in [5.41, 5.74) is 0. The maximum absolute atomic E-state index is 11.5. The number of hydrogen-bond acceptors (Lipinski definition) is 6. The van der Waals surface area contributed by atoms with Crippen LogP contribution < -0.4 is 5.32 Å². The first-order valence-corrected chi connectivity index (χ1v) is 8.31. The topological polar surface area (TPSA) is 51.5 Å². The van der Waals surface area contributed by atoms with E-state index in [9.17, 15) is 4.79 Å². The zero-order chi connectivity index (χ0) is 14.8. The van der Waals surface area contributed by atoms with Crippen molar-refractivity contribution >= 4 is 38.0 Å². The molecule has 3 heterocycles. The fourth-order valence-corrected chi connectivity index (χ4v) is 4.39. The van der Waals surface area contributed by atoms with Crippen molar-refractivity contribution in [2.75, 3.05) is 13.7 Å². The third-order valence-corrected chi connectivity index (χ3v) is 5.31. The number of carbonyl (C=O) groups is 1. The number of furan rings is 1. The van der Waals surface area contributed by atoms with Crippen LogP contribution in [0.25, 0.3) is 9.40 Å². The minimum atomic E-state index is -0.455. The molecule has 0 saturated carbocycles. The number of methoxy groups -OCH3 is 1. The Labute approximate surface area is 130 Å². The van der Waals surface area contributed by atoms with E-state index < -0.39 is 5.97 Å². The Morgan fingerprint density at radius 3 is 2.95 bits per heavy atom. The number of fused-ring (bicyclic) bond motifs is 1. The molecule has 3 aromatic heterocycles. The molecule has 6 heteroatoms. The van der Waals surface area contributed by atoms with Gasteiger partial charge in [-0.25, -0.2) is 4.79 Å². The van der Waals surface area contributed by atoms with Crippen LogP contribution in [0.1, 0.15) is 34.2 Å². The van der Waals surface area contributed by atoms with E-state index >= 15 is 0 Å². The van der Waals surface area contributed by atoms with Gasteiger partial charge >= 0.3 is 5.97 Å². The molecule has 0 spiro atoms. The summed E-state index contributed by atoms with van der Waals surface area (Å²) in [5, 5.41) is 5.50. The van der Waals surface area contributed by atoms with Crippen LogP contribution in [0.2, 0.25) is 0 Å². The van der Waals surface area contributed by atoms with E-state index in [2.05, 4.69) is 27.6 Å². The van der Waals surface area contributed by atoms with Gasteiger partial charge in [0.1, 0.15) is 11.8 Å². The van der Waals surface area contributed by atoms with Gasteiger partial charge in [-0.3, -0.25) is 0 Å². The van der Waals surface area contributed by atoms with E-state index in [1.807, 2.05) is 13.0 Å². The molecule has 3 aromatic rings. The number of esters is 1. The average Bonchev–Trinajstić information content (AvgIpc) is 3.18. The second kappa shape index (κ2) is 6.01. The number of carbonyl (C=O) groups excluding carboxylic acids is 1. The highest BCUT2D eigenvalue weighted by atomic mass is 32.1. The highest BCUT2D eigenvalue weighted by Gasteiger charge is 2.21. The van der Waals surface area contributed by atoms with Gasteiger partial charge in [0.2, 0.25) is 5.76 Å². The van der Waals surface area contributed by atoms with Crippen LogP contribution in [0.4, 0.5) is 0 Å². The number of thiophene rings is 2. The monoisotopic (exact) mass is 321 g/mol. The largest absolute Gasteiger partial charge is 0.463 e. The quantitative estimate of drug-likeness (QED) is 0.721. The predicted molar refractivity (Wildman–Crippen MR) is 85.3 cm³/mol. The summed E-state index contributed by atoms with van der Waals surface area (Å²) < 4.78 is 12.9. The Hall–Kier alpha value is -1.63. The molecule has 0 aliphatic rings. The van der Waals surface area contributed by atoms with E-state index in [0.29, 0.717) is 0 Å². The van der Waals surface area contributed by atoms with Crippen molar-refractivity contribution in [2.24, 2.45) is 0 Å². The van der Waals surface area contributed by atoms with Crippen LogP contribution in [-0.2, 0) is 4.74 Å². The minimum absolute atomic E-state index is 0.0435. The molecule has 0 aliphatic heterocycles. The fourth-order valence-electron chi connectivity index (χ4n) is 2.19. The molecule has 21 heavy (non-hydrogen) atoms. The van der Waals surface area contributed by atoms with Gasteiger partial charge in [0.05, 0.1) is 7.11 Å². The lowest BCUT2D eigenvalue weighted by Crippen LogP contribution is -2.20. The average molecular weight is 321 g/mol. The van der Waals surface area contributed by atoms with Crippen molar-refractivity contribution in [1.29, 1.82) is 0 Å². The van der Waals surface area contributed by atoms with Crippen molar-refractivity contribution < 1.29 is 13.9 Å². The van der Waals surface area contributed by atoms with Gasteiger partial charge in [-0.05, 0) is 36.2 Å². The molecule has 0 fully saturated rings. The summed E-state index contributed by atoms with van der Waals surface area (Å²) in [6.07, 6.45) is 0. The molecule has 0 amide bonds. The maximum atomic E-state index is 11.5. The van der Waals surface area contributed by atoms with E-state index in [1.54, 1.807) is 28.7 Å². The molecule has 0 radical (unpaired) electrons. The Morgan fingerprint density at radius 2 is 2.24 bits per heavy atom. The minimum Gasteiger partial charge on any atom is -0.463 e. The lowest BCUT2D eigenvalue weighted by atomic mass is 10.2. The summed E-state index contributed by atoms with van der Waals surface area (Å²) >= 11 is 3.47. The van der Waals surface area contributed by atoms with Gasteiger partial charge in [-0.2, -0.15) is 0 Å². The molecule has 0 aromatic carbocycles. The molecule has 0 bridgehead atoms. The van der Waals surface area contributed by atoms with Gasteiger partial charge in [-0.15, -0.1) is 22.7 Å². The van der Waals surface area contributed by atoms with Crippen molar-refractivity contribution in [2.45, 2.75) is 13.0 Å². The van der Waals surface area contributed by atoms with Crippen molar-refractivity contribution in [3.8, 4) is 0 Å². The standard InChI is InChI=1S/C15H15NO3S2/c1-3-16-14(9-4-5-10(19-9)15(17)18-2)13-8-12-11(21-13)6-7-20-12/h4-8,14,16H,3H2,1-2H3. The Bertz CT molecular complexity index is 727. The molecule has 110 valence electrons. The third kappa shape index (κ3) is 2.74. The number of nitrogens with one attached hydrogen (secondary N) is 1. The van der Waals surface area contributed by atoms with Crippen molar-refractivity contribution in [3.63, 3.8) is 0 Å². The van der Waals surface area contributed by atoms with Gasteiger partial charge in [0.25, 0.3) is 0 Å². The second-order valence-electron chi connectivity index (χ2n) is 4.48. The SMILES string of the molecule is CCNC(c1ccc(C(=O)OC)o1)c1cc2sccc2s1. The van der Waals surface area contributed by atoms with Crippen LogP contribution >= 0.6 is 22.7 Å². The molecule has 3 rings (SSSR count). The van der Waals surface area contributed by atoms with Crippen LogP contribution in [0.5, 0.6) is 0 Å². The summed E-state index contributed by atoms with van der Waals surface area (Å²) in [4.78, 5) is 12.7. The van der Waals surface area contributed by atoms with Crippen LogP contribution in [0.3, 0.4) is 0 Å². The molecular weight excluding hydrogens is 306 g/mol. The summed E-state index contributed by atoms with van der Waals surface area (Å²) in [5.74, 6) is 0.503. The highest BCUT2D eigenvalue weighted by molar-refractivity contribution is 7.27. The summed E-state index contributed by atoms with van der Waals surface area (Å²) in [6, 6.07) is 7.74. The van der Waals surface area contributed by atoms with Crippen LogP contribution in [0, 0.1) is 0 Å². The van der Waals surface area contributed by atoms with Gasteiger partial charge in [0, 0.05) is 14.3 Å². The molecule has 1 atom stereocenters. The Kier molecular flexibility index (Phi) is 4.10. The first-order valence-electron chi connectivity index (χ1n) is 6.61. The maximum Gasteiger partial charge on any atom is 0.373 e. The van der Waals surface area contributed by atoms with E-state index in [-0.39, 0.29) is 11.8 Å².